The van der Waals surface area contributed by atoms with Gasteiger partial charge in [0, 0.05) is 55.4 Å². The molecule has 2 aliphatic heterocycles. The van der Waals surface area contributed by atoms with Crippen LogP contribution >= 0.6 is 0 Å². The minimum Gasteiger partial charge on any atom is -0.312 e. The molecule has 0 radical (unpaired) electrons. The summed E-state index contributed by atoms with van der Waals surface area (Å²) in [5, 5.41) is 1.25. The maximum atomic E-state index is 12.2. The molecule has 2 unspecified atom stereocenters. The lowest BCUT2D eigenvalue weighted by molar-refractivity contribution is 0.114. The van der Waals surface area contributed by atoms with Crippen LogP contribution < -0.4 is 5.56 Å². The van der Waals surface area contributed by atoms with E-state index in [-0.39, 0.29) is 5.56 Å². The minimum absolute atomic E-state index is 0.153. The van der Waals surface area contributed by atoms with E-state index in [0.29, 0.717) is 11.8 Å². The molecule has 5 rings (SSSR count). The lowest BCUT2D eigenvalue weighted by Crippen LogP contribution is -2.46. The van der Waals surface area contributed by atoms with E-state index in [1.54, 1.807) is 6.07 Å². The Morgan fingerprint density at radius 2 is 1.92 bits per heavy atom. The zero-order valence-corrected chi connectivity index (χ0v) is 14.1. The van der Waals surface area contributed by atoms with Crippen LogP contribution in [0.2, 0.25) is 0 Å². The van der Waals surface area contributed by atoms with Crippen LogP contribution in [0.4, 0.5) is 0 Å². The van der Waals surface area contributed by atoms with E-state index in [4.69, 9.17) is 0 Å². The van der Waals surface area contributed by atoms with Gasteiger partial charge in [-0.1, -0.05) is 24.3 Å². The Morgan fingerprint density at radius 3 is 2.88 bits per heavy atom. The highest BCUT2D eigenvalue weighted by Gasteiger charge is 2.34. The number of piperidine rings is 1. The Hall–Kier alpha value is -2.46. The van der Waals surface area contributed by atoms with Gasteiger partial charge in [0.25, 0.3) is 5.56 Å². The van der Waals surface area contributed by atoms with E-state index >= 15 is 0 Å². The number of nitrogens with zero attached hydrogens (tertiary/aromatic N) is 3. The first-order valence-corrected chi connectivity index (χ1v) is 9.02. The Balaban J connectivity index is 1.45. The maximum absolute atomic E-state index is 12.2. The fourth-order valence-electron chi connectivity index (χ4n) is 4.66. The van der Waals surface area contributed by atoms with Crippen LogP contribution in [0.3, 0.4) is 0 Å². The molecule has 1 saturated heterocycles. The molecule has 0 aliphatic carbocycles. The maximum Gasteiger partial charge on any atom is 0.250 e. The predicted molar refractivity (Wildman–Crippen MR) is 98.6 cm³/mol. The second kappa shape index (κ2) is 5.81. The van der Waals surface area contributed by atoms with Crippen LogP contribution in [0.5, 0.6) is 0 Å². The van der Waals surface area contributed by atoms with Crippen molar-refractivity contribution in [1.29, 1.82) is 0 Å². The molecule has 25 heavy (non-hydrogen) atoms. The smallest absolute Gasteiger partial charge is 0.250 e. The van der Waals surface area contributed by atoms with Crippen LogP contribution in [0.25, 0.3) is 10.9 Å². The first-order chi connectivity index (χ1) is 12.3. The van der Waals surface area contributed by atoms with Crippen molar-refractivity contribution in [3.05, 3.63) is 76.3 Å². The fraction of sp³-hybridized carbons (Fsp3) is 0.333. The van der Waals surface area contributed by atoms with E-state index in [0.717, 1.165) is 31.7 Å². The molecule has 0 spiro atoms. The summed E-state index contributed by atoms with van der Waals surface area (Å²) in [7, 11) is 0. The zero-order valence-electron chi connectivity index (χ0n) is 14.1. The van der Waals surface area contributed by atoms with E-state index in [1.807, 2.05) is 22.9 Å². The van der Waals surface area contributed by atoms with E-state index in [1.165, 1.54) is 23.1 Å². The monoisotopic (exact) mass is 331 g/mol. The molecule has 2 aromatic heterocycles. The van der Waals surface area contributed by atoms with Gasteiger partial charge in [0.1, 0.15) is 0 Å². The second-order valence-electron chi connectivity index (χ2n) is 7.38. The number of pyridine rings is 2. The fourth-order valence-corrected chi connectivity index (χ4v) is 4.66. The lowest BCUT2D eigenvalue weighted by Gasteiger charge is -2.42. The molecular weight excluding hydrogens is 310 g/mol. The van der Waals surface area contributed by atoms with E-state index in [2.05, 4.69) is 40.2 Å². The number of para-hydroxylation sites is 1. The Kier molecular flexibility index (Phi) is 3.45. The summed E-state index contributed by atoms with van der Waals surface area (Å²) < 4.78 is 2.00. The second-order valence-corrected chi connectivity index (χ2v) is 7.38. The normalized spacial score (nSPS) is 22.7. The van der Waals surface area contributed by atoms with E-state index < -0.39 is 0 Å². The summed E-state index contributed by atoms with van der Waals surface area (Å²) in [4.78, 5) is 19.2. The SMILES string of the molecule is O=c1cccc2n1CC1CC2CN(Cc2ccnc3ccccc23)C1. The average Bonchev–Trinajstić information content (AvgIpc) is 2.63. The molecule has 2 atom stereocenters. The van der Waals surface area contributed by atoms with Crippen molar-refractivity contribution in [1.82, 2.24) is 14.5 Å². The van der Waals surface area contributed by atoms with Crippen molar-refractivity contribution in [2.45, 2.75) is 25.4 Å². The number of rotatable bonds is 2. The number of hydrogen-bond donors (Lipinski definition) is 0. The van der Waals surface area contributed by atoms with Gasteiger partial charge in [-0.3, -0.25) is 14.7 Å². The highest BCUT2D eigenvalue weighted by molar-refractivity contribution is 5.81. The Morgan fingerprint density at radius 1 is 1.00 bits per heavy atom. The summed E-state index contributed by atoms with van der Waals surface area (Å²) in [6.45, 7) is 3.90. The first-order valence-electron chi connectivity index (χ1n) is 9.02. The predicted octanol–water partition coefficient (Wildman–Crippen LogP) is 3.02. The molecule has 1 fully saturated rings. The molecule has 0 N–H and O–H groups in total. The molecule has 2 aliphatic rings. The van der Waals surface area contributed by atoms with Gasteiger partial charge in [0.2, 0.25) is 0 Å². The summed E-state index contributed by atoms with van der Waals surface area (Å²) >= 11 is 0. The standard InChI is InChI=1S/C21H21N3O/c25-21-7-3-6-20-17-10-15(12-24(20)21)11-23(14-17)13-16-8-9-22-19-5-2-1-4-18(16)19/h1-9,15,17H,10-14H2. The van der Waals surface area contributed by atoms with Crippen LogP contribution in [0.1, 0.15) is 23.6 Å². The largest absolute Gasteiger partial charge is 0.312 e. The van der Waals surface area contributed by atoms with Crippen molar-refractivity contribution in [3.63, 3.8) is 0 Å². The van der Waals surface area contributed by atoms with Gasteiger partial charge in [-0.15, -0.1) is 0 Å². The van der Waals surface area contributed by atoms with Crippen LogP contribution in [-0.2, 0) is 13.1 Å². The van der Waals surface area contributed by atoms with Crippen LogP contribution in [0.15, 0.2) is 59.5 Å². The van der Waals surface area contributed by atoms with Crippen molar-refractivity contribution >= 4 is 10.9 Å². The molecule has 4 heterocycles. The molecule has 0 amide bonds. The van der Waals surface area contributed by atoms with Crippen molar-refractivity contribution in [3.8, 4) is 0 Å². The highest BCUT2D eigenvalue weighted by atomic mass is 16.1. The Bertz CT molecular complexity index is 988. The highest BCUT2D eigenvalue weighted by Crippen LogP contribution is 2.35. The number of hydrogen-bond acceptors (Lipinski definition) is 3. The van der Waals surface area contributed by atoms with Crippen molar-refractivity contribution < 1.29 is 0 Å². The Labute approximate surface area is 146 Å². The quantitative estimate of drug-likeness (QED) is 0.724. The number of aromatic nitrogens is 2. The number of likely N-dealkylation sites (tertiary alicyclic amines) is 1. The first kappa shape index (κ1) is 14.8. The van der Waals surface area contributed by atoms with Crippen LogP contribution in [-0.4, -0.2) is 27.5 Å². The molecule has 0 saturated carbocycles. The van der Waals surface area contributed by atoms with Crippen LogP contribution in [0, 0.1) is 5.92 Å². The lowest BCUT2D eigenvalue weighted by atomic mass is 9.83. The molecule has 3 aromatic rings. The van der Waals surface area contributed by atoms with Gasteiger partial charge in [-0.25, -0.2) is 0 Å². The minimum atomic E-state index is 0.153. The topological polar surface area (TPSA) is 38.1 Å². The van der Waals surface area contributed by atoms with Gasteiger partial charge in [0.15, 0.2) is 0 Å². The summed E-state index contributed by atoms with van der Waals surface area (Å²) in [6, 6.07) is 16.2. The summed E-state index contributed by atoms with van der Waals surface area (Å²) in [5.74, 6) is 1.04. The summed E-state index contributed by atoms with van der Waals surface area (Å²) in [6.07, 6.45) is 3.12. The third kappa shape index (κ3) is 2.57. The third-order valence-corrected chi connectivity index (χ3v) is 5.69. The van der Waals surface area contributed by atoms with Gasteiger partial charge in [-0.2, -0.15) is 0 Å². The van der Waals surface area contributed by atoms with Crippen molar-refractivity contribution in [2.24, 2.45) is 5.92 Å². The average molecular weight is 331 g/mol. The van der Waals surface area contributed by atoms with Gasteiger partial charge < -0.3 is 4.57 Å². The van der Waals surface area contributed by atoms with E-state index in [9.17, 15) is 4.79 Å². The third-order valence-electron chi connectivity index (χ3n) is 5.69. The molecule has 1 aromatic carbocycles. The van der Waals surface area contributed by atoms with Gasteiger partial charge in [-0.05, 0) is 36.1 Å². The molecular formula is C21H21N3O. The molecule has 2 bridgehead atoms. The van der Waals surface area contributed by atoms with Gasteiger partial charge in [0.05, 0.1) is 5.52 Å². The molecule has 4 nitrogen and oxygen atoms in total. The number of benzene rings is 1. The summed E-state index contributed by atoms with van der Waals surface area (Å²) in [5.41, 5.74) is 3.78. The molecule has 126 valence electrons. The molecule has 4 heteroatoms. The zero-order chi connectivity index (χ0) is 16.8. The number of fused-ring (bicyclic) bond motifs is 5. The van der Waals surface area contributed by atoms with Gasteiger partial charge >= 0.3 is 0 Å². The van der Waals surface area contributed by atoms with Crippen molar-refractivity contribution in [2.75, 3.05) is 13.1 Å².